The van der Waals surface area contributed by atoms with E-state index in [4.69, 9.17) is 31.8 Å². The van der Waals surface area contributed by atoms with Gasteiger partial charge in [-0.1, -0.05) is 48.6 Å². The fourth-order valence-corrected chi connectivity index (χ4v) is 5.27. The van der Waals surface area contributed by atoms with Gasteiger partial charge in [-0.15, -0.1) is 0 Å². The van der Waals surface area contributed by atoms with Gasteiger partial charge in [0, 0.05) is 11.1 Å². The van der Waals surface area contributed by atoms with Crippen LogP contribution in [0.5, 0.6) is 0 Å². The highest BCUT2D eigenvalue weighted by Gasteiger charge is 2.46. The molecular weight excluding hydrogens is 348 g/mol. The normalized spacial score (nSPS) is 12.6. The van der Waals surface area contributed by atoms with Gasteiger partial charge in [0.25, 0.3) is 0 Å². The van der Waals surface area contributed by atoms with Crippen LogP contribution in [-0.2, 0) is 9.13 Å². The zero-order valence-electron chi connectivity index (χ0n) is 11.0. The molecule has 0 aliphatic carbocycles. The molecule has 7 nitrogen and oxygen atoms in total. The standard InChI is InChI=1S/C12H13NO6P2S/c14-20(15,16)12(21(17,18)19)11(22)13-10-7-3-5-8-4-1-2-6-9(8)10/h1-7,12H,(H,13,22)(H2,14,15,16)(H2,17,18,19). The van der Waals surface area contributed by atoms with Crippen LogP contribution >= 0.6 is 27.4 Å². The number of nitrogens with one attached hydrogen (secondary N) is 1. The molecule has 0 saturated heterocycles. The zero-order chi connectivity index (χ0) is 16.5. The smallest absolute Gasteiger partial charge is 0.347 e. The van der Waals surface area contributed by atoms with Crippen molar-refractivity contribution in [2.24, 2.45) is 0 Å². The van der Waals surface area contributed by atoms with Crippen LogP contribution in [0.15, 0.2) is 42.5 Å². The van der Waals surface area contributed by atoms with E-state index in [2.05, 4.69) is 5.32 Å². The molecule has 0 fully saturated rings. The Labute approximate surface area is 131 Å². The second-order valence-corrected chi connectivity index (χ2v) is 8.80. The van der Waals surface area contributed by atoms with Crippen LogP contribution in [-0.4, -0.2) is 30.0 Å². The molecule has 0 bridgehead atoms. The van der Waals surface area contributed by atoms with E-state index in [0.717, 1.165) is 5.39 Å². The molecule has 0 heterocycles. The summed E-state index contributed by atoms with van der Waals surface area (Å²) in [6.45, 7) is 0. The van der Waals surface area contributed by atoms with E-state index < -0.39 is 25.6 Å². The molecule has 0 spiro atoms. The van der Waals surface area contributed by atoms with E-state index in [0.29, 0.717) is 11.1 Å². The first kappa shape index (κ1) is 17.2. The van der Waals surface area contributed by atoms with E-state index in [1.807, 2.05) is 18.2 Å². The van der Waals surface area contributed by atoms with Crippen molar-refractivity contribution in [1.82, 2.24) is 0 Å². The van der Waals surface area contributed by atoms with E-state index >= 15 is 0 Å². The predicted octanol–water partition coefficient (Wildman–Crippen LogP) is 2.26. The SMILES string of the molecule is O=P(O)(O)C(C(=S)Nc1cccc2ccccc12)P(=O)(O)O. The quantitative estimate of drug-likeness (QED) is 0.415. The first-order valence-electron chi connectivity index (χ1n) is 6.00. The minimum Gasteiger partial charge on any atom is -0.348 e. The monoisotopic (exact) mass is 361 g/mol. The number of anilines is 1. The summed E-state index contributed by atoms with van der Waals surface area (Å²) in [5.41, 5.74) is 0.412. The van der Waals surface area contributed by atoms with Gasteiger partial charge in [-0.3, -0.25) is 9.13 Å². The van der Waals surface area contributed by atoms with Gasteiger partial charge < -0.3 is 24.9 Å². The molecule has 2 rings (SSSR count). The molecule has 118 valence electrons. The summed E-state index contributed by atoms with van der Waals surface area (Å²) in [6, 6.07) is 12.3. The lowest BCUT2D eigenvalue weighted by atomic mass is 10.1. The molecule has 2 aromatic carbocycles. The number of rotatable bonds is 4. The largest absolute Gasteiger partial charge is 0.348 e. The van der Waals surface area contributed by atoms with Crippen molar-refractivity contribution in [3.63, 3.8) is 0 Å². The summed E-state index contributed by atoms with van der Waals surface area (Å²) in [5.74, 6) is 0. The Morgan fingerprint density at radius 1 is 0.955 bits per heavy atom. The first-order chi connectivity index (χ1) is 10.1. The summed E-state index contributed by atoms with van der Waals surface area (Å²) in [6.07, 6.45) is 0. The lowest BCUT2D eigenvalue weighted by molar-refractivity contribution is 0.350. The topological polar surface area (TPSA) is 127 Å². The second kappa shape index (κ2) is 6.18. The van der Waals surface area contributed by atoms with Crippen LogP contribution < -0.4 is 5.32 Å². The number of benzene rings is 2. The molecule has 5 N–H and O–H groups in total. The van der Waals surface area contributed by atoms with Crippen LogP contribution in [0.2, 0.25) is 0 Å². The number of thiocarbonyl (C=S) groups is 1. The fourth-order valence-electron chi connectivity index (χ4n) is 2.03. The third-order valence-electron chi connectivity index (χ3n) is 2.92. The Balaban J connectivity index is 2.42. The summed E-state index contributed by atoms with van der Waals surface area (Å²) >= 11 is 4.82. The van der Waals surface area contributed by atoms with E-state index in [1.165, 1.54) is 0 Å². The summed E-state index contributed by atoms with van der Waals surface area (Å²) in [5, 5.41) is 1.74. The van der Waals surface area contributed by atoms with E-state index in [1.54, 1.807) is 24.3 Å². The molecule has 0 saturated carbocycles. The average Bonchev–Trinajstić information content (AvgIpc) is 2.35. The van der Waals surface area contributed by atoms with Gasteiger partial charge >= 0.3 is 15.2 Å². The van der Waals surface area contributed by atoms with Gasteiger partial charge in [0.2, 0.25) is 5.40 Å². The van der Waals surface area contributed by atoms with Gasteiger partial charge in [-0.2, -0.15) is 0 Å². The highest BCUT2D eigenvalue weighted by Crippen LogP contribution is 2.60. The van der Waals surface area contributed by atoms with Gasteiger partial charge in [-0.25, -0.2) is 0 Å². The van der Waals surface area contributed by atoms with Crippen molar-refractivity contribution in [2.75, 3.05) is 5.32 Å². The summed E-state index contributed by atoms with van der Waals surface area (Å²) < 4.78 is 22.7. The van der Waals surface area contributed by atoms with Crippen LogP contribution in [0.3, 0.4) is 0 Å². The maximum Gasteiger partial charge on any atom is 0.347 e. The Kier molecular flexibility index (Phi) is 4.84. The molecule has 0 radical (unpaired) electrons. The number of hydrogen-bond donors (Lipinski definition) is 5. The molecule has 10 heteroatoms. The van der Waals surface area contributed by atoms with Crippen LogP contribution in [0.4, 0.5) is 5.69 Å². The van der Waals surface area contributed by atoms with Gasteiger partial charge in [0.15, 0.2) is 0 Å². The van der Waals surface area contributed by atoms with Crippen molar-refractivity contribution >= 4 is 48.9 Å². The van der Waals surface area contributed by atoms with Gasteiger partial charge in [0.05, 0.1) is 0 Å². The van der Waals surface area contributed by atoms with Crippen molar-refractivity contribution in [3.05, 3.63) is 42.5 Å². The zero-order valence-corrected chi connectivity index (χ0v) is 13.6. The Morgan fingerprint density at radius 2 is 1.50 bits per heavy atom. The van der Waals surface area contributed by atoms with Crippen molar-refractivity contribution in [2.45, 2.75) is 5.40 Å². The minimum atomic E-state index is -5.12. The summed E-state index contributed by atoms with van der Waals surface area (Å²) in [4.78, 5) is 36.1. The molecule has 2 aromatic rings. The van der Waals surface area contributed by atoms with Crippen LogP contribution in [0.1, 0.15) is 0 Å². The Hall–Kier alpha value is -1.11. The predicted molar refractivity (Wildman–Crippen MR) is 88.0 cm³/mol. The molecule has 0 amide bonds. The third-order valence-corrected chi connectivity index (χ3v) is 7.20. The van der Waals surface area contributed by atoms with Crippen molar-refractivity contribution < 1.29 is 28.7 Å². The second-order valence-electron chi connectivity index (χ2n) is 4.57. The van der Waals surface area contributed by atoms with Gasteiger partial charge in [-0.05, 0) is 11.5 Å². The van der Waals surface area contributed by atoms with Crippen molar-refractivity contribution in [3.8, 4) is 0 Å². The highest BCUT2D eigenvalue weighted by molar-refractivity contribution is 7.85. The molecule has 22 heavy (non-hydrogen) atoms. The minimum absolute atomic E-state index is 0.412. The molecule has 0 aliphatic rings. The van der Waals surface area contributed by atoms with E-state index in [9.17, 15) is 9.13 Å². The first-order valence-corrected chi connectivity index (χ1v) is 9.77. The molecule has 0 aromatic heterocycles. The van der Waals surface area contributed by atoms with Crippen LogP contribution in [0.25, 0.3) is 10.8 Å². The Morgan fingerprint density at radius 3 is 2.09 bits per heavy atom. The molecular formula is C12H13NO6P2S. The Bertz CT molecular complexity index is 787. The number of fused-ring (bicyclic) bond motifs is 1. The number of hydrogen-bond acceptors (Lipinski definition) is 3. The van der Waals surface area contributed by atoms with Crippen molar-refractivity contribution in [1.29, 1.82) is 0 Å². The maximum atomic E-state index is 11.3. The van der Waals surface area contributed by atoms with E-state index in [-0.39, 0.29) is 0 Å². The highest BCUT2D eigenvalue weighted by atomic mass is 32.1. The van der Waals surface area contributed by atoms with Gasteiger partial charge in [0.1, 0.15) is 4.99 Å². The lowest BCUT2D eigenvalue weighted by Gasteiger charge is -2.21. The molecule has 0 aliphatic heterocycles. The average molecular weight is 361 g/mol. The lowest BCUT2D eigenvalue weighted by Crippen LogP contribution is -2.26. The van der Waals surface area contributed by atoms with Crippen LogP contribution in [0, 0.1) is 0 Å². The summed E-state index contributed by atoms with van der Waals surface area (Å²) in [7, 11) is -10.2. The third kappa shape index (κ3) is 3.80. The molecule has 0 atom stereocenters. The fraction of sp³-hybridized carbons (Fsp3) is 0.0833. The maximum absolute atomic E-state index is 11.3. The molecule has 0 unspecified atom stereocenters.